The number of aromatic hydroxyl groups is 1. The molecule has 0 aromatic heterocycles. The summed E-state index contributed by atoms with van der Waals surface area (Å²) in [5, 5.41) is 13.1. The molecule has 6 heteroatoms. The second-order valence-corrected chi connectivity index (χ2v) is 5.60. The van der Waals surface area contributed by atoms with Gasteiger partial charge in [-0.05, 0) is 45.8 Å². The standard InChI is InChI=1S/C15H13BrClNO3/c1-21-14-7-12(16)13(19)6-11(14)15(20)18-8-9-2-4-10(17)5-3-9/h2-7,19H,8H2,1H3,(H,18,20). The molecule has 4 nitrogen and oxygen atoms in total. The first kappa shape index (κ1) is 15.7. The van der Waals surface area contributed by atoms with Gasteiger partial charge in [0.25, 0.3) is 5.91 Å². The largest absolute Gasteiger partial charge is 0.507 e. The number of halogens is 2. The first-order valence-corrected chi connectivity index (χ1v) is 7.27. The highest BCUT2D eigenvalue weighted by atomic mass is 79.9. The van der Waals surface area contributed by atoms with E-state index < -0.39 is 0 Å². The van der Waals surface area contributed by atoms with Crippen LogP contribution in [0.5, 0.6) is 11.5 Å². The minimum atomic E-state index is -0.329. The van der Waals surface area contributed by atoms with Crippen LogP contribution in [0.4, 0.5) is 0 Å². The molecule has 2 aromatic carbocycles. The molecule has 0 heterocycles. The van der Waals surface area contributed by atoms with Crippen LogP contribution in [0.1, 0.15) is 15.9 Å². The highest BCUT2D eigenvalue weighted by Gasteiger charge is 2.15. The molecule has 2 rings (SSSR count). The summed E-state index contributed by atoms with van der Waals surface area (Å²) in [7, 11) is 1.47. The van der Waals surface area contributed by atoms with Crippen LogP contribution in [0.2, 0.25) is 5.02 Å². The lowest BCUT2D eigenvalue weighted by atomic mass is 10.1. The third-order valence-electron chi connectivity index (χ3n) is 2.88. The Morgan fingerprint density at radius 3 is 2.62 bits per heavy atom. The second-order valence-electron chi connectivity index (χ2n) is 4.31. The maximum absolute atomic E-state index is 12.2. The van der Waals surface area contributed by atoms with Crippen molar-refractivity contribution in [3.05, 3.63) is 57.0 Å². The normalized spacial score (nSPS) is 10.2. The van der Waals surface area contributed by atoms with Gasteiger partial charge in [0.1, 0.15) is 11.5 Å². The van der Waals surface area contributed by atoms with Gasteiger partial charge in [0, 0.05) is 11.6 Å². The van der Waals surface area contributed by atoms with Crippen molar-refractivity contribution in [2.45, 2.75) is 6.54 Å². The smallest absolute Gasteiger partial charge is 0.255 e. The molecule has 0 saturated heterocycles. The van der Waals surface area contributed by atoms with Gasteiger partial charge in [-0.3, -0.25) is 4.79 Å². The van der Waals surface area contributed by atoms with Crippen molar-refractivity contribution >= 4 is 33.4 Å². The summed E-state index contributed by atoms with van der Waals surface area (Å²) in [5.41, 5.74) is 1.19. The van der Waals surface area contributed by atoms with E-state index in [1.807, 2.05) is 12.1 Å². The summed E-state index contributed by atoms with van der Waals surface area (Å²) in [6, 6.07) is 10.1. The molecule has 0 unspecified atom stereocenters. The van der Waals surface area contributed by atoms with Gasteiger partial charge in [0.2, 0.25) is 0 Å². The van der Waals surface area contributed by atoms with E-state index in [1.54, 1.807) is 18.2 Å². The minimum absolute atomic E-state index is 0.0209. The molecule has 0 spiro atoms. The van der Waals surface area contributed by atoms with Gasteiger partial charge in [-0.15, -0.1) is 0 Å². The Labute approximate surface area is 135 Å². The lowest BCUT2D eigenvalue weighted by molar-refractivity contribution is 0.0947. The Bertz CT molecular complexity index is 659. The van der Waals surface area contributed by atoms with E-state index in [1.165, 1.54) is 13.2 Å². The van der Waals surface area contributed by atoms with Gasteiger partial charge in [0.15, 0.2) is 0 Å². The van der Waals surface area contributed by atoms with Crippen LogP contribution in [0.25, 0.3) is 0 Å². The molecular formula is C15H13BrClNO3. The number of rotatable bonds is 4. The van der Waals surface area contributed by atoms with Gasteiger partial charge in [-0.25, -0.2) is 0 Å². The van der Waals surface area contributed by atoms with Crippen molar-refractivity contribution in [3.8, 4) is 11.5 Å². The summed E-state index contributed by atoms with van der Waals surface area (Å²) in [6.45, 7) is 0.357. The number of phenols is 1. The quantitative estimate of drug-likeness (QED) is 0.862. The Morgan fingerprint density at radius 1 is 1.33 bits per heavy atom. The lowest BCUT2D eigenvalue weighted by Gasteiger charge is -2.11. The van der Waals surface area contributed by atoms with E-state index in [0.29, 0.717) is 21.8 Å². The molecule has 0 aliphatic rings. The first-order chi connectivity index (χ1) is 10.0. The van der Waals surface area contributed by atoms with Gasteiger partial charge in [-0.2, -0.15) is 0 Å². The molecule has 2 N–H and O–H groups in total. The van der Waals surface area contributed by atoms with Crippen LogP contribution in [0.3, 0.4) is 0 Å². The summed E-state index contributed by atoms with van der Waals surface area (Å²) in [4.78, 5) is 12.2. The number of hydrogen-bond donors (Lipinski definition) is 2. The zero-order valence-corrected chi connectivity index (χ0v) is 13.5. The van der Waals surface area contributed by atoms with Crippen molar-refractivity contribution in [2.24, 2.45) is 0 Å². The number of amides is 1. The van der Waals surface area contributed by atoms with E-state index >= 15 is 0 Å². The highest BCUT2D eigenvalue weighted by Crippen LogP contribution is 2.31. The van der Waals surface area contributed by atoms with Crippen LogP contribution in [0, 0.1) is 0 Å². The van der Waals surface area contributed by atoms with E-state index in [9.17, 15) is 9.90 Å². The van der Waals surface area contributed by atoms with E-state index in [-0.39, 0.29) is 17.2 Å². The van der Waals surface area contributed by atoms with E-state index in [0.717, 1.165) is 5.56 Å². The van der Waals surface area contributed by atoms with E-state index in [4.69, 9.17) is 16.3 Å². The average molecular weight is 371 g/mol. The number of ether oxygens (including phenoxy) is 1. The summed E-state index contributed by atoms with van der Waals surface area (Å²) in [6.07, 6.45) is 0. The molecule has 2 aromatic rings. The number of nitrogens with one attached hydrogen (secondary N) is 1. The number of hydrogen-bond acceptors (Lipinski definition) is 3. The van der Waals surface area contributed by atoms with Gasteiger partial charge < -0.3 is 15.2 Å². The third kappa shape index (κ3) is 3.89. The topological polar surface area (TPSA) is 58.6 Å². The Hall–Kier alpha value is -1.72. The molecule has 1 amide bonds. The van der Waals surface area contributed by atoms with Crippen molar-refractivity contribution in [3.63, 3.8) is 0 Å². The zero-order chi connectivity index (χ0) is 15.4. The lowest BCUT2D eigenvalue weighted by Crippen LogP contribution is -2.23. The third-order valence-corrected chi connectivity index (χ3v) is 3.77. The fraction of sp³-hybridized carbons (Fsp3) is 0.133. The number of carbonyl (C=O) groups excluding carboxylic acids is 1. The van der Waals surface area contributed by atoms with Crippen LogP contribution in [-0.2, 0) is 6.54 Å². The molecular weight excluding hydrogens is 358 g/mol. The molecule has 0 bridgehead atoms. The molecule has 0 radical (unpaired) electrons. The minimum Gasteiger partial charge on any atom is -0.507 e. The van der Waals surface area contributed by atoms with Crippen LogP contribution < -0.4 is 10.1 Å². The predicted octanol–water partition coefficient (Wildman–Crippen LogP) is 3.75. The first-order valence-electron chi connectivity index (χ1n) is 6.10. The number of methoxy groups -OCH3 is 1. The van der Waals surface area contributed by atoms with Gasteiger partial charge >= 0.3 is 0 Å². The number of phenolic OH excluding ortho intramolecular Hbond substituents is 1. The molecule has 0 fully saturated rings. The zero-order valence-electron chi connectivity index (χ0n) is 11.2. The summed E-state index contributed by atoms with van der Waals surface area (Å²) in [5.74, 6) is 0.0327. The van der Waals surface area contributed by atoms with E-state index in [2.05, 4.69) is 21.2 Å². The Balaban J connectivity index is 2.13. The summed E-state index contributed by atoms with van der Waals surface area (Å²) < 4.78 is 5.62. The highest BCUT2D eigenvalue weighted by molar-refractivity contribution is 9.10. The molecule has 0 aliphatic heterocycles. The van der Waals surface area contributed by atoms with Crippen LogP contribution in [0.15, 0.2) is 40.9 Å². The fourth-order valence-corrected chi connectivity index (χ4v) is 2.22. The van der Waals surface area contributed by atoms with Gasteiger partial charge in [-0.1, -0.05) is 23.7 Å². The molecule has 0 saturated carbocycles. The maximum Gasteiger partial charge on any atom is 0.255 e. The van der Waals surface area contributed by atoms with Crippen LogP contribution >= 0.6 is 27.5 Å². The number of benzene rings is 2. The monoisotopic (exact) mass is 369 g/mol. The van der Waals surface area contributed by atoms with Crippen molar-refractivity contribution < 1.29 is 14.6 Å². The Morgan fingerprint density at radius 2 is 2.00 bits per heavy atom. The molecule has 0 aliphatic carbocycles. The Kier molecular flexibility index (Phi) is 5.09. The van der Waals surface area contributed by atoms with Crippen LogP contribution in [-0.4, -0.2) is 18.1 Å². The van der Waals surface area contributed by atoms with Gasteiger partial charge in [0.05, 0.1) is 17.1 Å². The molecule has 21 heavy (non-hydrogen) atoms. The summed E-state index contributed by atoms with van der Waals surface area (Å²) >= 11 is 8.98. The van der Waals surface area contributed by atoms with Crippen molar-refractivity contribution in [1.29, 1.82) is 0 Å². The predicted molar refractivity (Wildman–Crippen MR) is 85.0 cm³/mol. The SMILES string of the molecule is COc1cc(Br)c(O)cc1C(=O)NCc1ccc(Cl)cc1. The van der Waals surface area contributed by atoms with Crippen molar-refractivity contribution in [1.82, 2.24) is 5.32 Å². The second kappa shape index (κ2) is 6.83. The number of carbonyl (C=O) groups is 1. The average Bonchev–Trinajstić information content (AvgIpc) is 2.48. The van der Waals surface area contributed by atoms with Crippen molar-refractivity contribution in [2.75, 3.05) is 7.11 Å². The molecule has 110 valence electrons. The molecule has 0 atom stereocenters. The fourth-order valence-electron chi connectivity index (χ4n) is 1.77. The maximum atomic E-state index is 12.2.